The van der Waals surface area contributed by atoms with Gasteiger partial charge in [-0.05, 0) is 77.9 Å². The Hall–Kier alpha value is -5.19. The first-order valence-electron chi connectivity index (χ1n) is 14.8. The maximum atomic E-state index is 4.91. The lowest BCUT2D eigenvalue weighted by Crippen LogP contribution is -2.00. The van der Waals surface area contributed by atoms with Crippen molar-refractivity contribution >= 4 is 64.3 Å². The molecule has 0 spiro atoms. The quantitative estimate of drug-likeness (QED) is 0.207. The molecule has 0 aliphatic carbocycles. The number of benzene rings is 6. The van der Waals surface area contributed by atoms with Gasteiger partial charge in [0.25, 0.3) is 0 Å². The van der Waals surface area contributed by atoms with Gasteiger partial charge in [-0.1, -0.05) is 73.7 Å². The molecule has 9 rings (SSSR count). The van der Waals surface area contributed by atoms with Crippen molar-refractivity contribution in [2.24, 2.45) is 0 Å². The molecule has 6 aromatic carbocycles. The number of para-hydroxylation sites is 4. The lowest BCUT2D eigenvalue weighted by Gasteiger charge is -2.11. The summed E-state index contributed by atoms with van der Waals surface area (Å²) in [5, 5.41) is 5.17. The molecule has 0 bridgehead atoms. The minimum Gasteiger partial charge on any atom is -0.309 e. The van der Waals surface area contributed by atoms with Crippen molar-refractivity contribution in [2.45, 2.75) is 13.3 Å². The van der Waals surface area contributed by atoms with Crippen LogP contribution in [0.1, 0.15) is 12.7 Å². The van der Waals surface area contributed by atoms with E-state index < -0.39 is 0 Å². The number of aryl methyl sites for hydroxylation is 1. The molecule has 0 radical (unpaired) electrons. The van der Waals surface area contributed by atoms with Gasteiger partial charge in [-0.3, -0.25) is 4.57 Å². The SMILES string of the molecule is CCc1nc2ccccc2n1-c1cccc(-c2ccc3sc4ccc(-n5c6ccccc6c6ccccc65)cc4c3c2)c1. The van der Waals surface area contributed by atoms with Crippen LogP contribution in [0.15, 0.2) is 133 Å². The van der Waals surface area contributed by atoms with Gasteiger partial charge in [0.1, 0.15) is 5.82 Å². The van der Waals surface area contributed by atoms with E-state index in [2.05, 4.69) is 150 Å². The van der Waals surface area contributed by atoms with E-state index in [1.807, 2.05) is 11.3 Å². The number of hydrogen-bond acceptors (Lipinski definition) is 2. The van der Waals surface area contributed by atoms with Crippen LogP contribution in [0.5, 0.6) is 0 Å². The second kappa shape index (κ2) is 9.41. The van der Waals surface area contributed by atoms with E-state index in [0.717, 1.165) is 29.0 Å². The number of imidazole rings is 1. The summed E-state index contributed by atoms with van der Waals surface area (Å²) in [7, 11) is 0. The van der Waals surface area contributed by atoms with E-state index >= 15 is 0 Å². The zero-order valence-corrected chi connectivity index (χ0v) is 24.5. The van der Waals surface area contributed by atoms with Crippen molar-refractivity contribution in [1.82, 2.24) is 14.1 Å². The molecule has 3 aromatic heterocycles. The van der Waals surface area contributed by atoms with Gasteiger partial charge in [-0.15, -0.1) is 11.3 Å². The van der Waals surface area contributed by atoms with E-state index in [1.165, 1.54) is 58.8 Å². The highest BCUT2D eigenvalue weighted by atomic mass is 32.1. The Labute approximate surface area is 252 Å². The molecule has 0 unspecified atom stereocenters. The predicted molar refractivity (Wildman–Crippen MR) is 183 cm³/mol. The summed E-state index contributed by atoms with van der Waals surface area (Å²) in [4.78, 5) is 4.91. The molecule has 0 fully saturated rings. The summed E-state index contributed by atoms with van der Waals surface area (Å²) < 4.78 is 7.32. The number of nitrogens with zero attached hydrogens (tertiary/aromatic N) is 3. The van der Waals surface area contributed by atoms with Gasteiger partial charge in [0.2, 0.25) is 0 Å². The van der Waals surface area contributed by atoms with Gasteiger partial charge >= 0.3 is 0 Å². The Morgan fingerprint density at radius 2 is 1.14 bits per heavy atom. The fourth-order valence-electron chi connectivity index (χ4n) is 6.71. The van der Waals surface area contributed by atoms with Crippen LogP contribution in [0.4, 0.5) is 0 Å². The summed E-state index contributed by atoms with van der Waals surface area (Å²) in [6.07, 6.45) is 0.875. The number of thiophene rings is 1. The largest absolute Gasteiger partial charge is 0.309 e. The monoisotopic (exact) mass is 569 g/mol. The molecule has 0 aliphatic rings. The molecule has 0 aliphatic heterocycles. The zero-order chi connectivity index (χ0) is 28.5. The van der Waals surface area contributed by atoms with Gasteiger partial charge in [0.05, 0.1) is 22.1 Å². The molecular formula is C39H27N3S. The van der Waals surface area contributed by atoms with Crippen molar-refractivity contribution in [2.75, 3.05) is 0 Å². The summed E-state index contributed by atoms with van der Waals surface area (Å²) in [6, 6.07) is 48.5. The minimum atomic E-state index is 0.875. The molecule has 4 heteroatoms. The highest BCUT2D eigenvalue weighted by Crippen LogP contribution is 2.39. The lowest BCUT2D eigenvalue weighted by molar-refractivity contribution is 0.908. The van der Waals surface area contributed by atoms with Crippen LogP contribution in [0, 0.1) is 0 Å². The molecule has 0 atom stereocenters. The highest BCUT2D eigenvalue weighted by Gasteiger charge is 2.15. The third kappa shape index (κ3) is 3.70. The van der Waals surface area contributed by atoms with E-state index in [4.69, 9.17) is 4.98 Å². The molecular weight excluding hydrogens is 543 g/mol. The van der Waals surface area contributed by atoms with E-state index in [1.54, 1.807) is 0 Å². The first-order chi connectivity index (χ1) is 21.3. The minimum absolute atomic E-state index is 0.875. The van der Waals surface area contributed by atoms with E-state index in [0.29, 0.717) is 0 Å². The van der Waals surface area contributed by atoms with E-state index in [9.17, 15) is 0 Å². The zero-order valence-electron chi connectivity index (χ0n) is 23.7. The molecule has 9 aromatic rings. The van der Waals surface area contributed by atoms with Crippen LogP contribution < -0.4 is 0 Å². The van der Waals surface area contributed by atoms with Crippen LogP contribution in [-0.2, 0) is 6.42 Å². The Morgan fingerprint density at radius 3 is 1.91 bits per heavy atom. The molecule has 3 heterocycles. The first kappa shape index (κ1) is 24.4. The second-order valence-electron chi connectivity index (χ2n) is 11.1. The van der Waals surface area contributed by atoms with Crippen LogP contribution >= 0.6 is 11.3 Å². The van der Waals surface area contributed by atoms with Crippen LogP contribution in [0.3, 0.4) is 0 Å². The van der Waals surface area contributed by atoms with Crippen molar-refractivity contribution < 1.29 is 0 Å². The maximum absolute atomic E-state index is 4.91. The molecule has 3 nitrogen and oxygen atoms in total. The lowest BCUT2D eigenvalue weighted by atomic mass is 10.0. The van der Waals surface area contributed by atoms with Gasteiger partial charge in [-0.25, -0.2) is 4.98 Å². The third-order valence-electron chi connectivity index (χ3n) is 8.68. The highest BCUT2D eigenvalue weighted by molar-refractivity contribution is 7.25. The predicted octanol–water partition coefficient (Wildman–Crippen LogP) is 10.7. The Bertz CT molecular complexity index is 2460. The number of aromatic nitrogens is 3. The van der Waals surface area contributed by atoms with Crippen molar-refractivity contribution in [3.63, 3.8) is 0 Å². The third-order valence-corrected chi connectivity index (χ3v) is 9.83. The van der Waals surface area contributed by atoms with Gasteiger partial charge in [0, 0.05) is 48.7 Å². The number of fused-ring (bicyclic) bond motifs is 7. The normalized spacial score (nSPS) is 11.9. The summed E-state index contributed by atoms with van der Waals surface area (Å²) in [6.45, 7) is 2.17. The Balaban J connectivity index is 1.21. The molecule has 0 amide bonds. The van der Waals surface area contributed by atoms with Crippen molar-refractivity contribution in [3.05, 3.63) is 139 Å². The maximum Gasteiger partial charge on any atom is 0.114 e. The fourth-order valence-corrected chi connectivity index (χ4v) is 7.78. The first-order valence-corrected chi connectivity index (χ1v) is 15.6. The topological polar surface area (TPSA) is 22.8 Å². The van der Waals surface area contributed by atoms with Crippen molar-refractivity contribution in [3.8, 4) is 22.5 Å². The van der Waals surface area contributed by atoms with Gasteiger partial charge < -0.3 is 4.57 Å². The Morgan fingerprint density at radius 1 is 0.512 bits per heavy atom. The number of hydrogen-bond donors (Lipinski definition) is 0. The summed E-state index contributed by atoms with van der Waals surface area (Å²) >= 11 is 1.86. The average molecular weight is 570 g/mol. The van der Waals surface area contributed by atoms with Crippen LogP contribution in [0.2, 0.25) is 0 Å². The van der Waals surface area contributed by atoms with Gasteiger partial charge in [-0.2, -0.15) is 0 Å². The smallest absolute Gasteiger partial charge is 0.114 e. The van der Waals surface area contributed by atoms with Gasteiger partial charge in [0.15, 0.2) is 0 Å². The number of rotatable bonds is 4. The average Bonchev–Trinajstić information content (AvgIpc) is 3.73. The fraction of sp³-hybridized carbons (Fsp3) is 0.0513. The standard InChI is InChI=1S/C39H27N3S/c1-2-39-40-33-14-5-8-17-36(33)42(39)27-11-9-10-25(22-27)26-18-20-37-31(23-26)32-24-28(19-21-38(32)43-37)41-34-15-6-3-12-29(34)30-13-4-7-16-35(30)41/h3-24H,2H2,1H3. The summed E-state index contributed by atoms with van der Waals surface area (Å²) in [5.74, 6) is 1.08. The molecule has 43 heavy (non-hydrogen) atoms. The molecule has 0 saturated heterocycles. The molecule has 204 valence electrons. The molecule has 0 N–H and O–H groups in total. The summed E-state index contributed by atoms with van der Waals surface area (Å²) in [5.41, 5.74) is 9.42. The van der Waals surface area contributed by atoms with E-state index in [-0.39, 0.29) is 0 Å². The van der Waals surface area contributed by atoms with Crippen LogP contribution in [0.25, 0.3) is 75.5 Å². The Kier molecular flexibility index (Phi) is 5.34. The van der Waals surface area contributed by atoms with Crippen LogP contribution in [-0.4, -0.2) is 14.1 Å². The molecule has 0 saturated carbocycles. The second-order valence-corrected chi connectivity index (χ2v) is 12.2. The van der Waals surface area contributed by atoms with Crippen molar-refractivity contribution in [1.29, 1.82) is 0 Å².